The molecule has 5 rings (SSSR count). The number of para-hydroxylation sites is 2. The summed E-state index contributed by atoms with van der Waals surface area (Å²) in [4.78, 5) is 5.00. The Bertz CT molecular complexity index is 1250. The molecule has 148 valence electrons. The van der Waals surface area contributed by atoms with Crippen molar-refractivity contribution in [3.8, 4) is 11.5 Å². The number of fused-ring (bicyclic) bond motifs is 2. The molecule has 2 N–H and O–H groups in total. The average Bonchev–Trinajstić information content (AvgIpc) is 2.98. The Hall–Kier alpha value is -3.79. The highest BCUT2D eigenvalue weighted by molar-refractivity contribution is 6.14. The van der Waals surface area contributed by atoms with Crippen molar-refractivity contribution in [1.82, 2.24) is 0 Å². The minimum absolute atomic E-state index is 0.0108. The Labute approximate surface area is 175 Å². The largest absolute Gasteiger partial charge is 0.507 e. The molecule has 4 heteroatoms. The fourth-order valence-electron chi connectivity index (χ4n) is 4.08. The van der Waals surface area contributed by atoms with Crippen LogP contribution in [-0.4, -0.2) is 17.9 Å². The van der Waals surface area contributed by atoms with E-state index in [1.807, 2.05) is 60.7 Å². The Kier molecular flexibility index (Phi) is 4.60. The Morgan fingerprint density at radius 1 is 0.900 bits per heavy atom. The standard InChI is InChI=1S/C26H22N2O2/c1-30-19-13-10-18(11-14-19)23-16-24(28-22-9-5-4-8-21(22)27-23)26-20-7-3-2-6-17(20)12-15-25(26)29/h2-15,23,27,29H,16H2,1H3. The number of phenols is 1. The van der Waals surface area contributed by atoms with E-state index >= 15 is 0 Å². The third-order valence-electron chi connectivity index (χ3n) is 5.60. The normalized spacial score (nSPS) is 15.6. The molecule has 0 aliphatic carbocycles. The third-order valence-corrected chi connectivity index (χ3v) is 5.60. The molecular weight excluding hydrogens is 372 g/mol. The van der Waals surface area contributed by atoms with Gasteiger partial charge >= 0.3 is 0 Å². The zero-order chi connectivity index (χ0) is 20.5. The number of aliphatic imine (C=N–C) groups is 1. The molecule has 4 aromatic rings. The summed E-state index contributed by atoms with van der Waals surface area (Å²) in [5, 5.41) is 16.5. The number of hydrogen-bond donors (Lipinski definition) is 2. The first-order valence-corrected chi connectivity index (χ1v) is 10.0. The molecule has 30 heavy (non-hydrogen) atoms. The number of nitrogens with one attached hydrogen (secondary N) is 1. The van der Waals surface area contributed by atoms with Crippen LogP contribution in [0.2, 0.25) is 0 Å². The fraction of sp³-hybridized carbons (Fsp3) is 0.115. The van der Waals surface area contributed by atoms with E-state index in [1.165, 1.54) is 0 Å². The van der Waals surface area contributed by atoms with Gasteiger partial charge in [0.2, 0.25) is 0 Å². The van der Waals surface area contributed by atoms with Gasteiger partial charge in [0.1, 0.15) is 11.5 Å². The van der Waals surface area contributed by atoms with E-state index in [9.17, 15) is 5.11 Å². The van der Waals surface area contributed by atoms with Crippen molar-refractivity contribution in [2.75, 3.05) is 12.4 Å². The van der Waals surface area contributed by atoms with Gasteiger partial charge in [0.25, 0.3) is 0 Å². The van der Waals surface area contributed by atoms with Crippen LogP contribution in [0.5, 0.6) is 11.5 Å². The molecule has 1 atom stereocenters. The lowest BCUT2D eigenvalue weighted by Crippen LogP contribution is -2.14. The number of rotatable bonds is 3. The van der Waals surface area contributed by atoms with Crippen molar-refractivity contribution in [2.24, 2.45) is 4.99 Å². The quantitative estimate of drug-likeness (QED) is 0.433. The van der Waals surface area contributed by atoms with Crippen molar-refractivity contribution >= 4 is 27.9 Å². The second-order valence-corrected chi connectivity index (χ2v) is 7.43. The van der Waals surface area contributed by atoms with E-state index in [2.05, 4.69) is 23.5 Å². The lowest BCUT2D eigenvalue weighted by Gasteiger charge is -2.20. The van der Waals surface area contributed by atoms with Gasteiger partial charge in [-0.2, -0.15) is 0 Å². The molecule has 0 bridgehead atoms. The number of ether oxygens (including phenoxy) is 1. The first-order chi connectivity index (χ1) is 14.7. The second kappa shape index (κ2) is 7.56. The molecule has 4 aromatic carbocycles. The van der Waals surface area contributed by atoms with Gasteiger partial charge in [-0.1, -0.05) is 54.6 Å². The van der Waals surface area contributed by atoms with Gasteiger partial charge in [0, 0.05) is 12.0 Å². The molecule has 1 aliphatic heterocycles. The van der Waals surface area contributed by atoms with Crippen molar-refractivity contribution in [1.29, 1.82) is 0 Å². The number of aromatic hydroxyl groups is 1. The van der Waals surface area contributed by atoms with Gasteiger partial charge in [0.15, 0.2) is 0 Å². The fourth-order valence-corrected chi connectivity index (χ4v) is 4.08. The molecule has 4 nitrogen and oxygen atoms in total. The topological polar surface area (TPSA) is 53.9 Å². The molecule has 0 saturated carbocycles. The summed E-state index contributed by atoms with van der Waals surface area (Å²) in [6.07, 6.45) is 0.641. The summed E-state index contributed by atoms with van der Waals surface area (Å²) >= 11 is 0. The van der Waals surface area contributed by atoms with Crippen LogP contribution in [0.3, 0.4) is 0 Å². The highest BCUT2D eigenvalue weighted by Gasteiger charge is 2.23. The zero-order valence-corrected chi connectivity index (χ0v) is 16.7. The molecule has 0 aromatic heterocycles. The van der Waals surface area contributed by atoms with E-state index < -0.39 is 0 Å². The summed E-state index contributed by atoms with van der Waals surface area (Å²) < 4.78 is 5.31. The molecule has 0 fully saturated rings. The maximum atomic E-state index is 10.8. The summed E-state index contributed by atoms with van der Waals surface area (Å²) in [5.74, 6) is 1.08. The molecule has 0 radical (unpaired) electrons. The van der Waals surface area contributed by atoms with E-state index in [4.69, 9.17) is 9.73 Å². The lowest BCUT2D eigenvalue weighted by molar-refractivity contribution is 0.414. The number of hydrogen-bond acceptors (Lipinski definition) is 4. The maximum absolute atomic E-state index is 10.8. The molecule has 0 saturated heterocycles. The SMILES string of the molecule is COc1ccc(C2CC(c3c(O)ccc4ccccc34)=Nc3ccccc3N2)cc1. The summed E-state index contributed by atoms with van der Waals surface area (Å²) in [7, 11) is 1.67. The van der Waals surface area contributed by atoms with E-state index in [0.717, 1.165) is 44.7 Å². The monoisotopic (exact) mass is 394 g/mol. The molecule has 1 aliphatic rings. The predicted molar refractivity (Wildman–Crippen MR) is 122 cm³/mol. The first kappa shape index (κ1) is 18.3. The van der Waals surface area contributed by atoms with Crippen LogP contribution >= 0.6 is 0 Å². The molecular formula is C26H22N2O2. The number of phenolic OH excluding ortho intramolecular Hbond substituents is 1. The van der Waals surface area contributed by atoms with Gasteiger partial charge in [-0.25, -0.2) is 0 Å². The van der Waals surface area contributed by atoms with E-state index in [0.29, 0.717) is 6.42 Å². The van der Waals surface area contributed by atoms with Gasteiger partial charge in [0.05, 0.1) is 30.2 Å². The van der Waals surface area contributed by atoms with Gasteiger partial charge < -0.3 is 15.2 Å². The average molecular weight is 394 g/mol. The second-order valence-electron chi connectivity index (χ2n) is 7.43. The highest BCUT2D eigenvalue weighted by atomic mass is 16.5. The van der Waals surface area contributed by atoms with Crippen molar-refractivity contribution in [3.63, 3.8) is 0 Å². The zero-order valence-electron chi connectivity index (χ0n) is 16.7. The van der Waals surface area contributed by atoms with Crippen LogP contribution in [0.25, 0.3) is 10.8 Å². The Balaban J connectivity index is 1.67. The van der Waals surface area contributed by atoms with Crippen LogP contribution in [0.15, 0.2) is 89.9 Å². The molecule has 1 unspecified atom stereocenters. The minimum Gasteiger partial charge on any atom is -0.507 e. The van der Waals surface area contributed by atoms with Crippen molar-refractivity contribution in [2.45, 2.75) is 12.5 Å². The predicted octanol–water partition coefficient (Wildman–Crippen LogP) is 6.23. The van der Waals surface area contributed by atoms with Crippen molar-refractivity contribution < 1.29 is 9.84 Å². The van der Waals surface area contributed by atoms with Crippen LogP contribution in [0.1, 0.15) is 23.6 Å². The third kappa shape index (κ3) is 3.26. The molecule has 0 spiro atoms. The van der Waals surface area contributed by atoms with Gasteiger partial charge in [-0.15, -0.1) is 0 Å². The summed E-state index contributed by atoms with van der Waals surface area (Å²) in [6.45, 7) is 0. The van der Waals surface area contributed by atoms with Crippen molar-refractivity contribution in [3.05, 3.63) is 96.1 Å². The van der Waals surface area contributed by atoms with Crippen LogP contribution < -0.4 is 10.1 Å². The maximum Gasteiger partial charge on any atom is 0.125 e. The Morgan fingerprint density at radius 2 is 1.67 bits per heavy atom. The number of anilines is 1. The minimum atomic E-state index is 0.0108. The molecule has 1 heterocycles. The van der Waals surface area contributed by atoms with Crippen LogP contribution in [-0.2, 0) is 0 Å². The summed E-state index contributed by atoms with van der Waals surface area (Å²) in [6, 6.07) is 27.9. The van der Waals surface area contributed by atoms with E-state index in [-0.39, 0.29) is 11.8 Å². The number of methoxy groups -OCH3 is 1. The first-order valence-electron chi connectivity index (χ1n) is 10.0. The Morgan fingerprint density at radius 3 is 2.50 bits per heavy atom. The summed E-state index contributed by atoms with van der Waals surface area (Å²) in [5.41, 5.74) is 4.65. The highest BCUT2D eigenvalue weighted by Crippen LogP contribution is 2.38. The number of benzene rings is 4. The van der Waals surface area contributed by atoms with E-state index in [1.54, 1.807) is 13.2 Å². The number of nitrogens with zero attached hydrogens (tertiary/aromatic N) is 1. The molecule has 0 amide bonds. The van der Waals surface area contributed by atoms with Gasteiger partial charge in [-0.3, -0.25) is 4.99 Å². The van der Waals surface area contributed by atoms with Gasteiger partial charge in [-0.05, 0) is 46.7 Å². The van der Waals surface area contributed by atoms with Crippen LogP contribution in [0.4, 0.5) is 11.4 Å². The smallest absolute Gasteiger partial charge is 0.125 e. The van der Waals surface area contributed by atoms with Crippen LogP contribution in [0, 0.1) is 0 Å². The lowest BCUT2D eigenvalue weighted by atomic mass is 9.93.